The van der Waals surface area contributed by atoms with E-state index in [0.717, 1.165) is 17.0 Å². The van der Waals surface area contributed by atoms with Crippen LogP contribution in [0.15, 0.2) is 24.3 Å². The first-order valence-corrected chi connectivity index (χ1v) is 6.04. The molecule has 3 nitrogen and oxygen atoms in total. The zero-order chi connectivity index (χ0) is 11.5. The van der Waals surface area contributed by atoms with Crippen molar-refractivity contribution in [1.82, 2.24) is 9.59 Å². The summed E-state index contributed by atoms with van der Waals surface area (Å²) in [5.74, 6) is 0. The molecule has 2 rings (SSSR count). The molecule has 0 aliphatic heterocycles. The van der Waals surface area contributed by atoms with Crippen LogP contribution in [0.5, 0.6) is 0 Å². The van der Waals surface area contributed by atoms with Crippen LogP contribution in [0.1, 0.15) is 27.7 Å². The average Bonchev–Trinajstić information content (AvgIpc) is 2.68. The molecule has 1 heterocycles. The number of nitrogens with two attached hydrogens (primary N) is 1. The zero-order valence-corrected chi connectivity index (χ0v) is 10.3. The number of nitrogens with zero attached hydrogens (tertiary/aromatic N) is 2. The van der Waals surface area contributed by atoms with E-state index in [-0.39, 0.29) is 6.04 Å². The van der Waals surface area contributed by atoms with E-state index in [0.29, 0.717) is 0 Å². The van der Waals surface area contributed by atoms with E-state index in [1.807, 2.05) is 19.1 Å². The third-order valence-electron chi connectivity index (χ3n) is 2.72. The second kappa shape index (κ2) is 4.72. The van der Waals surface area contributed by atoms with Crippen LogP contribution in [-0.2, 0) is 6.42 Å². The van der Waals surface area contributed by atoms with Crippen molar-refractivity contribution in [2.75, 3.05) is 0 Å². The standard InChI is InChI=1S/C12H15N3S/c1-8-5-3-4-6-10(8)7-11(13)12-9(2)14-15-16-12/h3-6,11H,7,13H2,1-2H3. The Kier molecular flexibility index (Phi) is 3.31. The van der Waals surface area contributed by atoms with Crippen molar-refractivity contribution in [2.45, 2.75) is 26.3 Å². The molecule has 0 fully saturated rings. The highest BCUT2D eigenvalue weighted by molar-refractivity contribution is 7.05. The third-order valence-corrected chi connectivity index (χ3v) is 3.68. The summed E-state index contributed by atoms with van der Waals surface area (Å²) in [4.78, 5) is 1.09. The van der Waals surface area contributed by atoms with E-state index in [4.69, 9.17) is 5.73 Å². The van der Waals surface area contributed by atoms with Crippen LogP contribution in [0.25, 0.3) is 0 Å². The minimum absolute atomic E-state index is 0.00102. The molecule has 4 heteroatoms. The third kappa shape index (κ3) is 2.28. The molecule has 1 atom stereocenters. The fourth-order valence-electron chi connectivity index (χ4n) is 1.75. The van der Waals surface area contributed by atoms with Crippen LogP contribution in [0.2, 0.25) is 0 Å². The normalized spacial score (nSPS) is 12.7. The van der Waals surface area contributed by atoms with Gasteiger partial charge in [0.15, 0.2) is 0 Å². The van der Waals surface area contributed by atoms with Gasteiger partial charge in [-0.3, -0.25) is 0 Å². The molecule has 0 aliphatic rings. The van der Waals surface area contributed by atoms with E-state index >= 15 is 0 Å². The van der Waals surface area contributed by atoms with Gasteiger partial charge in [-0.2, -0.15) is 0 Å². The summed E-state index contributed by atoms with van der Waals surface area (Å²) in [5.41, 5.74) is 9.70. The van der Waals surface area contributed by atoms with Crippen molar-refractivity contribution in [3.05, 3.63) is 46.0 Å². The number of aryl methyl sites for hydroxylation is 2. The van der Waals surface area contributed by atoms with Crippen molar-refractivity contribution >= 4 is 11.5 Å². The lowest BCUT2D eigenvalue weighted by atomic mass is 10.0. The van der Waals surface area contributed by atoms with Gasteiger partial charge in [-0.25, -0.2) is 0 Å². The Morgan fingerprint density at radius 1 is 1.31 bits per heavy atom. The minimum atomic E-state index is 0.00102. The van der Waals surface area contributed by atoms with Gasteiger partial charge in [0, 0.05) is 6.04 Å². The molecule has 1 aromatic heterocycles. The van der Waals surface area contributed by atoms with Gasteiger partial charge in [0.05, 0.1) is 10.6 Å². The molecule has 0 spiro atoms. The topological polar surface area (TPSA) is 51.8 Å². The molecule has 16 heavy (non-hydrogen) atoms. The minimum Gasteiger partial charge on any atom is -0.323 e. The Bertz CT molecular complexity index is 479. The Hall–Kier alpha value is -1.26. The second-order valence-electron chi connectivity index (χ2n) is 3.96. The van der Waals surface area contributed by atoms with Crippen LogP contribution in [-0.4, -0.2) is 9.59 Å². The lowest BCUT2D eigenvalue weighted by Crippen LogP contribution is -2.13. The van der Waals surface area contributed by atoms with Crippen molar-refractivity contribution in [3.63, 3.8) is 0 Å². The highest BCUT2D eigenvalue weighted by atomic mass is 32.1. The van der Waals surface area contributed by atoms with E-state index in [9.17, 15) is 0 Å². The second-order valence-corrected chi connectivity index (χ2v) is 4.75. The van der Waals surface area contributed by atoms with E-state index in [1.165, 1.54) is 22.7 Å². The highest BCUT2D eigenvalue weighted by Crippen LogP contribution is 2.22. The largest absolute Gasteiger partial charge is 0.323 e. The Morgan fingerprint density at radius 2 is 2.06 bits per heavy atom. The van der Waals surface area contributed by atoms with Gasteiger partial charge in [0.1, 0.15) is 0 Å². The quantitative estimate of drug-likeness (QED) is 0.885. The summed E-state index contributed by atoms with van der Waals surface area (Å²) in [6, 6.07) is 8.33. The molecule has 0 amide bonds. The molecule has 0 bridgehead atoms. The molecule has 84 valence electrons. The number of hydrogen-bond donors (Lipinski definition) is 1. The Balaban J connectivity index is 2.17. The summed E-state index contributed by atoms with van der Waals surface area (Å²) in [7, 11) is 0. The molecular weight excluding hydrogens is 218 g/mol. The first-order chi connectivity index (χ1) is 7.68. The van der Waals surface area contributed by atoms with Crippen molar-refractivity contribution in [1.29, 1.82) is 0 Å². The van der Waals surface area contributed by atoms with Gasteiger partial charge in [0.2, 0.25) is 0 Å². The van der Waals surface area contributed by atoms with Gasteiger partial charge in [-0.15, -0.1) is 5.10 Å². The van der Waals surface area contributed by atoms with Crippen molar-refractivity contribution < 1.29 is 0 Å². The molecule has 1 aromatic carbocycles. The van der Waals surface area contributed by atoms with Crippen LogP contribution < -0.4 is 5.73 Å². The van der Waals surface area contributed by atoms with Crippen LogP contribution in [0.4, 0.5) is 0 Å². The molecular formula is C12H15N3S. The molecule has 0 saturated carbocycles. The van der Waals surface area contributed by atoms with Crippen molar-refractivity contribution in [2.24, 2.45) is 5.73 Å². The van der Waals surface area contributed by atoms with Crippen molar-refractivity contribution in [3.8, 4) is 0 Å². The van der Waals surface area contributed by atoms with E-state index < -0.39 is 0 Å². The Labute approximate surface area is 99.5 Å². The smallest absolute Gasteiger partial charge is 0.0772 e. The lowest BCUT2D eigenvalue weighted by molar-refractivity contribution is 0.725. The summed E-state index contributed by atoms with van der Waals surface area (Å²) in [6.45, 7) is 4.07. The van der Waals surface area contributed by atoms with Gasteiger partial charge >= 0.3 is 0 Å². The summed E-state index contributed by atoms with van der Waals surface area (Å²) >= 11 is 1.40. The first-order valence-electron chi connectivity index (χ1n) is 5.27. The van der Waals surface area contributed by atoms with Crippen LogP contribution in [0, 0.1) is 13.8 Å². The van der Waals surface area contributed by atoms with E-state index in [1.54, 1.807) is 0 Å². The molecule has 0 aliphatic carbocycles. The SMILES string of the molecule is Cc1ccccc1CC(N)c1snnc1C. The number of aromatic nitrogens is 2. The fraction of sp³-hybridized carbons (Fsp3) is 0.333. The van der Waals surface area contributed by atoms with Gasteiger partial charge in [-0.05, 0) is 42.9 Å². The molecule has 0 saturated heterocycles. The maximum Gasteiger partial charge on any atom is 0.0772 e. The lowest BCUT2D eigenvalue weighted by Gasteiger charge is -2.11. The molecule has 1 unspecified atom stereocenters. The van der Waals surface area contributed by atoms with Gasteiger partial charge in [-0.1, -0.05) is 28.8 Å². The number of rotatable bonds is 3. The molecule has 2 aromatic rings. The highest BCUT2D eigenvalue weighted by Gasteiger charge is 2.14. The predicted octanol–water partition coefficient (Wildman–Crippen LogP) is 2.40. The van der Waals surface area contributed by atoms with Crippen LogP contribution in [0.3, 0.4) is 0 Å². The molecule has 2 N–H and O–H groups in total. The van der Waals surface area contributed by atoms with Gasteiger partial charge < -0.3 is 5.73 Å². The first kappa shape index (κ1) is 11.2. The average molecular weight is 233 g/mol. The summed E-state index contributed by atoms with van der Waals surface area (Å²) in [6.07, 6.45) is 0.845. The fourth-order valence-corrected chi connectivity index (χ4v) is 2.39. The zero-order valence-electron chi connectivity index (χ0n) is 9.47. The summed E-state index contributed by atoms with van der Waals surface area (Å²) in [5, 5.41) is 3.99. The number of hydrogen-bond acceptors (Lipinski definition) is 4. The monoisotopic (exact) mass is 233 g/mol. The maximum absolute atomic E-state index is 6.17. The maximum atomic E-state index is 6.17. The molecule has 0 radical (unpaired) electrons. The van der Waals surface area contributed by atoms with Gasteiger partial charge in [0.25, 0.3) is 0 Å². The van der Waals surface area contributed by atoms with E-state index in [2.05, 4.69) is 28.6 Å². The predicted molar refractivity (Wildman–Crippen MR) is 66.5 cm³/mol. The van der Waals surface area contributed by atoms with Crippen LogP contribution >= 0.6 is 11.5 Å². The Morgan fingerprint density at radius 3 is 2.69 bits per heavy atom. The number of benzene rings is 1. The summed E-state index contributed by atoms with van der Waals surface area (Å²) < 4.78 is 3.92.